The molecule has 96 valence electrons. The summed E-state index contributed by atoms with van der Waals surface area (Å²) in [4.78, 5) is 0. The number of aryl methyl sites for hydroxylation is 2. The van der Waals surface area contributed by atoms with E-state index in [-0.39, 0.29) is 0 Å². The predicted octanol–water partition coefficient (Wildman–Crippen LogP) is 1.61. The molecule has 0 saturated heterocycles. The molecule has 1 aliphatic rings. The molecular weight excluding hydrogens is 214 g/mol. The van der Waals surface area contributed by atoms with Gasteiger partial charge in [-0.2, -0.15) is 5.10 Å². The van der Waals surface area contributed by atoms with E-state index in [0.717, 1.165) is 44.5 Å². The van der Waals surface area contributed by atoms with E-state index in [0.29, 0.717) is 6.54 Å². The van der Waals surface area contributed by atoms with Gasteiger partial charge in [-0.05, 0) is 32.8 Å². The summed E-state index contributed by atoms with van der Waals surface area (Å²) in [5.74, 6) is 0. The zero-order chi connectivity index (χ0) is 12.3. The highest BCUT2D eigenvalue weighted by molar-refractivity contribution is 5.08. The molecule has 17 heavy (non-hydrogen) atoms. The van der Waals surface area contributed by atoms with Gasteiger partial charge >= 0.3 is 0 Å². The van der Waals surface area contributed by atoms with Gasteiger partial charge in [0.25, 0.3) is 0 Å². The van der Waals surface area contributed by atoms with E-state index in [1.54, 1.807) is 0 Å². The molecule has 2 rings (SSSR count). The zero-order valence-corrected chi connectivity index (χ0v) is 10.9. The number of hydrogen-bond acceptors (Lipinski definition) is 3. The van der Waals surface area contributed by atoms with E-state index in [4.69, 9.17) is 0 Å². The van der Waals surface area contributed by atoms with E-state index in [1.165, 1.54) is 5.69 Å². The molecule has 1 aliphatic carbocycles. The van der Waals surface area contributed by atoms with Crippen molar-refractivity contribution in [1.82, 2.24) is 15.1 Å². The molecule has 0 aliphatic heterocycles. The fourth-order valence-electron chi connectivity index (χ4n) is 2.65. The fraction of sp³-hybridized carbons (Fsp3) is 0.769. The van der Waals surface area contributed by atoms with Crippen LogP contribution in [0.25, 0.3) is 0 Å². The van der Waals surface area contributed by atoms with Crippen molar-refractivity contribution in [2.75, 3.05) is 6.54 Å². The first-order chi connectivity index (χ1) is 8.13. The Morgan fingerprint density at radius 3 is 2.82 bits per heavy atom. The average molecular weight is 237 g/mol. The van der Waals surface area contributed by atoms with Gasteiger partial charge in [0.05, 0.1) is 17.0 Å². The minimum absolute atomic E-state index is 0.466. The van der Waals surface area contributed by atoms with Crippen molar-refractivity contribution < 1.29 is 5.11 Å². The van der Waals surface area contributed by atoms with Crippen LogP contribution in [-0.4, -0.2) is 27.0 Å². The molecule has 0 aromatic carbocycles. The van der Waals surface area contributed by atoms with E-state index in [2.05, 4.69) is 23.4 Å². The molecule has 0 unspecified atom stereocenters. The molecular formula is C13H23N3O. The van der Waals surface area contributed by atoms with Crippen LogP contribution in [0.15, 0.2) is 6.07 Å². The van der Waals surface area contributed by atoms with Gasteiger partial charge in [-0.25, -0.2) is 0 Å². The highest BCUT2D eigenvalue weighted by atomic mass is 16.3. The number of aliphatic hydroxyl groups is 1. The lowest BCUT2D eigenvalue weighted by Gasteiger charge is -2.22. The SMILES string of the molecule is CCn1nc(C)cc1CNCC1(O)CCCC1. The molecule has 0 amide bonds. The number of nitrogens with zero attached hydrogens (tertiary/aromatic N) is 2. The summed E-state index contributed by atoms with van der Waals surface area (Å²) in [7, 11) is 0. The molecule has 0 atom stereocenters. The van der Waals surface area contributed by atoms with Crippen LogP contribution in [0.3, 0.4) is 0 Å². The van der Waals surface area contributed by atoms with Crippen molar-refractivity contribution in [3.05, 3.63) is 17.5 Å². The molecule has 0 spiro atoms. The summed E-state index contributed by atoms with van der Waals surface area (Å²) in [5.41, 5.74) is 1.79. The predicted molar refractivity (Wildman–Crippen MR) is 67.8 cm³/mol. The largest absolute Gasteiger partial charge is 0.389 e. The van der Waals surface area contributed by atoms with Crippen LogP contribution < -0.4 is 5.32 Å². The second-order valence-electron chi connectivity index (χ2n) is 5.13. The maximum absolute atomic E-state index is 10.2. The molecule has 1 heterocycles. The Morgan fingerprint density at radius 2 is 2.18 bits per heavy atom. The molecule has 1 aromatic rings. The molecule has 1 saturated carbocycles. The first-order valence-corrected chi connectivity index (χ1v) is 6.59. The molecule has 2 N–H and O–H groups in total. The lowest BCUT2D eigenvalue weighted by atomic mass is 10.0. The Labute approximate surface area is 103 Å². The summed E-state index contributed by atoms with van der Waals surface area (Å²) in [6.45, 7) is 6.49. The van der Waals surface area contributed by atoms with Crippen LogP contribution in [0.4, 0.5) is 0 Å². The van der Waals surface area contributed by atoms with Crippen LogP contribution in [-0.2, 0) is 13.1 Å². The van der Waals surface area contributed by atoms with Crippen molar-refractivity contribution in [2.24, 2.45) is 0 Å². The lowest BCUT2D eigenvalue weighted by molar-refractivity contribution is 0.0473. The fourth-order valence-corrected chi connectivity index (χ4v) is 2.65. The topological polar surface area (TPSA) is 50.1 Å². The first-order valence-electron chi connectivity index (χ1n) is 6.59. The molecule has 1 fully saturated rings. The summed E-state index contributed by atoms with van der Waals surface area (Å²) >= 11 is 0. The van der Waals surface area contributed by atoms with Gasteiger partial charge in [0.1, 0.15) is 0 Å². The van der Waals surface area contributed by atoms with Gasteiger partial charge in [-0.15, -0.1) is 0 Å². The normalized spacial score (nSPS) is 18.8. The van der Waals surface area contributed by atoms with E-state index < -0.39 is 5.60 Å². The Kier molecular flexibility index (Phi) is 3.84. The van der Waals surface area contributed by atoms with Gasteiger partial charge in [-0.1, -0.05) is 12.8 Å². The Balaban J connectivity index is 1.85. The van der Waals surface area contributed by atoms with Gasteiger partial charge in [0.15, 0.2) is 0 Å². The minimum Gasteiger partial charge on any atom is -0.389 e. The third kappa shape index (κ3) is 3.07. The van der Waals surface area contributed by atoms with Crippen molar-refractivity contribution in [2.45, 2.75) is 58.2 Å². The second-order valence-corrected chi connectivity index (χ2v) is 5.13. The summed E-state index contributed by atoms with van der Waals surface area (Å²) in [6.07, 6.45) is 4.19. The number of rotatable bonds is 5. The van der Waals surface area contributed by atoms with E-state index in [1.807, 2.05) is 11.6 Å². The maximum atomic E-state index is 10.2. The minimum atomic E-state index is -0.466. The quantitative estimate of drug-likeness (QED) is 0.818. The van der Waals surface area contributed by atoms with Crippen molar-refractivity contribution in [3.63, 3.8) is 0 Å². The van der Waals surface area contributed by atoms with Gasteiger partial charge in [0.2, 0.25) is 0 Å². The van der Waals surface area contributed by atoms with Gasteiger partial charge in [-0.3, -0.25) is 4.68 Å². The molecule has 1 aromatic heterocycles. The monoisotopic (exact) mass is 237 g/mol. The van der Waals surface area contributed by atoms with Gasteiger partial charge in [0, 0.05) is 19.6 Å². The van der Waals surface area contributed by atoms with E-state index in [9.17, 15) is 5.11 Å². The highest BCUT2D eigenvalue weighted by Crippen LogP contribution is 2.28. The average Bonchev–Trinajstić information content (AvgIpc) is 2.86. The van der Waals surface area contributed by atoms with Crippen LogP contribution in [0, 0.1) is 6.92 Å². The Morgan fingerprint density at radius 1 is 1.47 bits per heavy atom. The van der Waals surface area contributed by atoms with Crippen LogP contribution in [0.1, 0.15) is 44.0 Å². The molecule has 0 bridgehead atoms. The second kappa shape index (κ2) is 5.19. The van der Waals surface area contributed by atoms with Gasteiger partial charge < -0.3 is 10.4 Å². The summed E-state index contributed by atoms with van der Waals surface area (Å²) < 4.78 is 2.01. The number of nitrogens with one attached hydrogen (secondary N) is 1. The van der Waals surface area contributed by atoms with Crippen LogP contribution in [0.2, 0.25) is 0 Å². The Bertz CT molecular complexity index is 367. The van der Waals surface area contributed by atoms with Crippen LogP contribution >= 0.6 is 0 Å². The van der Waals surface area contributed by atoms with Crippen LogP contribution in [0.5, 0.6) is 0 Å². The lowest BCUT2D eigenvalue weighted by Crippen LogP contribution is -2.37. The van der Waals surface area contributed by atoms with E-state index >= 15 is 0 Å². The molecule has 4 nitrogen and oxygen atoms in total. The van der Waals surface area contributed by atoms with Crippen molar-refractivity contribution in [3.8, 4) is 0 Å². The number of aromatic nitrogens is 2. The van der Waals surface area contributed by atoms with Crippen molar-refractivity contribution in [1.29, 1.82) is 0 Å². The summed E-state index contributed by atoms with van der Waals surface area (Å²) in [5, 5.41) is 18.0. The standard InChI is InChI=1S/C13H23N3O/c1-3-16-12(8-11(2)15-16)9-14-10-13(17)6-4-5-7-13/h8,14,17H,3-7,9-10H2,1-2H3. The maximum Gasteiger partial charge on any atom is 0.0771 e. The molecule has 4 heteroatoms. The third-order valence-electron chi connectivity index (χ3n) is 3.58. The molecule has 0 radical (unpaired) electrons. The zero-order valence-electron chi connectivity index (χ0n) is 10.9. The smallest absolute Gasteiger partial charge is 0.0771 e. The first kappa shape index (κ1) is 12.6. The van der Waals surface area contributed by atoms with Crippen molar-refractivity contribution >= 4 is 0 Å². The number of hydrogen-bond donors (Lipinski definition) is 2. The highest BCUT2D eigenvalue weighted by Gasteiger charge is 2.30. The summed E-state index contributed by atoms with van der Waals surface area (Å²) in [6, 6.07) is 2.11. The third-order valence-corrected chi connectivity index (χ3v) is 3.58. The Hall–Kier alpha value is -0.870.